The highest BCUT2D eigenvalue weighted by atomic mass is 35.5. The van der Waals surface area contributed by atoms with E-state index >= 15 is 0 Å². The largest absolute Gasteiger partial charge is 0.495 e. The minimum absolute atomic E-state index is 0. The number of benzene rings is 1. The fourth-order valence-electron chi connectivity index (χ4n) is 2.58. The number of methoxy groups -OCH3 is 1. The Hall–Kier alpha value is -0.530. The summed E-state index contributed by atoms with van der Waals surface area (Å²) in [5.41, 5.74) is 0. The predicted octanol–water partition coefficient (Wildman–Crippen LogP) is 2.53. The van der Waals surface area contributed by atoms with Crippen LogP contribution in [0.3, 0.4) is 0 Å². The van der Waals surface area contributed by atoms with Crippen LogP contribution >= 0.6 is 24.0 Å². The molecule has 1 heterocycles. The van der Waals surface area contributed by atoms with Gasteiger partial charge in [-0.15, -0.1) is 12.4 Å². The molecule has 0 saturated carbocycles. The second-order valence-electron chi connectivity index (χ2n) is 5.06. The summed E-state index contributed by atoms with van der Waals surface area (Å²) < 4.78 is 32.8. The molecule has 5 nitrogen and oxygen atoms in total. The molecule has 1 aliphatic heterocycles. The van der Waals surface area contributed by atoms with Gasteiger partial charge in [-0.3, -0.25) is 0 Å². The third-order valence-corrected chi connectivity index (χ3v) is 5.81. The molecule has 1 aliphatic rings. The molecule has 22 heavy (non-hydrogen) atoms. The van der Waals surface area contributed by atoms with E-state index < -0.39 is 10.0 Å². The van der Waals surface area contributed by atoms with Crippen LogP contribution in [-0.4, -0.2) is 45.5 Å². The van der Waals surface area contributed by atoms with Crippen molar-refractivity contribution in [3.8, 4) is 5.75 Å². The predicted molar refractivity (Wildman–Crippen MR) is 90.7 cm³/mol. The summed E-state index contributed by atoms with van der Waals surface area (Å²) in [7, 11) is -2.17. The zero-order valence-electron chi connectivity index (χ0n) is 12.7. The van der Waals surface area contributed by atoms with Crippen LogP contribution in [0.1, 0.15) is 19.8 Å². The molecule has 0 bridgehead atoms. The Labute approximate surface area is 143 Å². The van der Waals surface area contributed by atoms with Gasteiger partial charge in [0.25, 0.3) is 0 Å². The van der Waals surface area contributed by atoms with Gasteiger partial charge >= 0.3 is 0 Å². The lowest BCUT2D eigenvalue weighted by Crippen LogP contribution is -2.42. The number of nitrogens with one attached hydrogen (secondary N) is 1. The van der Waals surface area contributed by atoms with Gasteiger partial charge in [0, 0.05) is 24.2 Å². The molecule has 0 spiro atoms. The molecule has 0 amide bonds. The van der Waals surface area contributed by atoms with Crippen molar-refractivity contribution in [1.82, 2.24) is 9.62 Å². The number of nitrogens with zero attached hydrogens (tertiary/aromatic N) is 1. The van der Waals surface area contributed by atoms with Crippen molar-refractivity contribution in [2.45, 2.75) is 30.7 Å². The maximum Gasteiger partial charge on any atom is 0.247 e. The first-order chi connectivity index (χ1) is 10.0. The molecule has 1 aromatic carbocycles. The lowest BCUT2D eigenvalue weighted by Gasteiger charge is -2.28. The Bertz CT molecular complexity index is 590. The molecule has 0 radical (unpaired) electrons. The average molecular weight is 369 g/mol. The van der Waals surface area contributed by atoms with Crippen LogP contribution in [0.2, 0.25) is 5.02 Å². The van der Waals surface area contributed by atoms with Crippen molar-refractivity contribution in [2.24, 2.45) is 0 Å². The molecule has 0 aliphatic carbocycles. The standard InChI is InChI=1S/C14H21ClN2O3S.ClH/c1-3-8-17(12-6-7-16-10-12)21(18,19)14-9-11(15)4-5-13(14)20-2;/h4-5,9,12,16H,3,6-8,10H2,1-2H3;1H. The highest BCUT2D eigenvalue weighted by molar-refractivity contribution is 7.89. The topological polar surface area (TPSA) is 58.6 Å². The average Bonchev–Trinajstić information content (AvgIpc) is 2.98. The monoisotopic (exact) mass is 368 g/mol. The summed E-state index contributed by atoms with van der Waals surface area (Å²) >= 11 is 5.97. The van der Waals surface area contributed by atoms with Crippen LogP contribution in [0.4, 0.5) is 0 Å². The lowest BCUT2D eigenvalue weighted by atomic mass is 10.2. The molecule has 8 heteroatoms. The first-order valence-electron chi connectivity index (χ1n) is 7.06. The number of rotatable bonds is 6. The first kappa shape index (κ1) is 19.5. The van der Waals surface area contributed by atoms with Gasteiger partial charge in [-0.05, 0) is 37.6 Å². The van der Waals surface area contributed by atoms with E-state index in [1.807, 2.05) is 6.92 Å². The highest BCUT2D eigenvalue weighted by Gasteiger charge is 2.34. The van der Waals surface area contributed by atoms with Crippen molar-refractivity contribution < 1.29 is 13.2 Å². The summed E-state index contributed by atoms with van der Waals surface area (Å²) in [5, 5.41) is 3.60. The van der Waals surface area contributed by atoms with Gasteiger partial charge in [-0.1, -0.05) is 18.5 Å². The van der Waals surface area contributed by atoms with Crippen molar-refractivity contribution in [2.75, 3.05) is 26.7 Å². The van der Waals surface area contributed by atoms with Gasteiger partial charge in [0.15, 0.2) is 0 Å². The molecule has 1 fully saturated rings. The summed E-state index contributed by atoms with van der Waals surface area (Å²) in [6.45, 7) is 3.99. The third kappa shape index (κ3) is 4.06. The molecule has 126 valence electrons. The minimum Gasteiger partial charge on any atom is -0.495 e. The van der Waals surface area contributed by atoms with Crippen LogP contribution in [0.5, 0.6) is 5.75 Å². The Kier molecular flexibility index (Phi) is 7.41. The van der Waals surface area contributed by atoms with Crippen molar-refractivity contribution in [3.05, 3.63) is 23.2 Å². The van der Waals surface area contributed by atoms with Gasteiger partial charge in [0.1, 0.15) is 10.6 Å². The zero-order chi connectivity index (χ0) is 15.5. The smallest absolute Gasteiger partial charge is 0.247 e. The van der Waals surface area contributed by atoms with Gasteiger partial charge in [0.05, 0.1) is 7.11 Å². The van der Waals surface area contributed by atoms with Crippen LogP contribution in [0.25, 0.3) is 0 Å². The van der Waals surface area contributed by atoms with Crippen LogP contribution in [0.15, 0.2) is 23.1 Å². The van der Waals surface area contributed by atoms with E-state index in [1.54, 1.807) is 16.4 Å². The normalized spacial score (nSPS) is 18.3. The Balaban J connectivity index is 0.00000242. The summed E-state index contributed by atoms with van der Waals surface area (Å²) in [6, 6.07) is 4.66. The quantitative estimate of drug-likeness (QED) is 0.837. The second kappa shape index (κ2) is 8.36. The fourth-order valence-corrected chi connectivity index (χ4v) is 4.75. The van der Waals surface area contributed by atoms with E-state index in [4.69, 9.17) is 16.3 Å². The van der Waals surface area contributed by atoms with E-state index in [1.165, 1.54) is 13.2 Å². The van der Waals surface area contributed by atoms with Crippen molar-refractivity contribution in [1.29, 1.82) is 0 Å². The number of ether oxygens (including phenoxy) is 1. The molecular formula is C14H22Cl2N2O3S. The van der Waals surface area contributed by atoms with E-state index in [9.17, 15) is 8.42 Å². The van der Waals surface area contributed by atoms with Crippen molar-refractivity contribution in [3.63, 3.8) is 0 Å². The molecule has 0 aromatic heterocycles. The molecular weight excluding hydrogens is 347 g/mol. The number of halogens is 2. The van der Waals surface area contributed by atoms with Gasteiger partial charge < -0.3 is 10.1 Å². The van der Waals surface area contributed by atoms with E-state index in [0.29, 0.717) is 23.9 Å². The van der Waals surface area contributed by atoms with Crippen LogP contribution in [-0.2, 0) is 10.0 Å². The number of hydrogen-bond acceptors (Lipinski definition) is 4. The number of hydrogen-bond donors (Lipinski definition) is 1. The minimum atomic E-state index is -3.63. The SMILES string of the molecule is CCCN(C1CCNC1)S(=O)(=O)c1cc(Cl)ccc1OC.Cl. The first-order valence-corrected chi connectivity index (χ1v) is 8.88. The van der Waals surface area contributed by atoms with Crippen LogP contribution in [0, 0.1) is 0 Å². The molecule has 1 atom stereocenters. The summed E-state index contributed by atoms with van der Waals surface area (Å²) in [4.78, 5) is 0.137. The maximum absolute atomic E-state index is 13.0. The summed E-state index contributed by atoms with van der Waals surface area (Å²) in [6.07, 6.45) is 1.58. The zero-order valence-corrected chi connectivity index (χ0v) is 15.1. The molecule has 1 aromatic rings. The molecule has 2 rings (SSSR count). The Morgan fingerprint density at radius 1 is 1.45 bits per heavy atom. The van der Waals surface area contributed by atoms with Crippen LogP contribution < -0.4 is 10.1 Å². The summed E-state index contributed by atoms with van der Waals surface area (Å²) in [5.74, 6) is 0.325. The van der Waals surface area contributed by atoms with Gasteiger partial charge in [0.2, 0.25) is 10.0 Å². The highest BCUT2D eigenvalue weighted by Crippen LogP contribution is 2.31. The van der Waals surface area contributed by atoms with Crippen molar-refractivity contribution >= 4 is 34.0 Å². The lowest BCUT2D eigenvalue weighted by molar-refractivity contribution is 0.331. The Morgan fingerprint density at radius 2 is 2.18 bits per heavy atom. The van der Waals surface area contributed by atoms with Gasteiger partial charge in [-0.2, -0.15) is 4.31 Å². The van der Waals surface area contributed by atoms with Gasteiger partial charge in [-0.25, -0.2) is 8.42 Å². The van der Waals surface area contributed by atoms with E-state index in [0.717, 1.165) is 19.4 Å². The number of sulfonamides is 1. The fraction of sp³-hybridized carbons (Fsp3) is 0.571. The molecule has 1 N–H and O–H groups in total. The maximum atomic E-state index is 13.0. The van der Waals surface area contributed by atoms with E-state index in [-0.39, 0.29) is 23.3 Å². The third-order valence-electron chi connectivity index (χ3n) is 3.60. The molecule has 1 saturated heterocycles. The second-order valence-corrected chi connectivity index (χ2v) is 7.35. The Morgan fingerprint density at radius 3 is 2.73 bits per heavy atom. The van der Waals surface area contributed by atoms with E-state index in [2.05, 4.69) is 5.32 Å². The molecule has 1 unspecified atom stereocenters.